The highest BCUT2D eigenvalue weighted by Crippen LogP contribution is 2.33. The van der Waals surface area contributed by atoms with Gasteiger partial charge in [-0.3, -0.25) is 9.59 Å². The summed E-state index contributed by atoms with van der Waals surface area (Å²) in [4.78, 5) is 28.6. The molecule has 2 amide bonds. The number of carbonyl (C=O) groups is 2. The van der Waals surface area contributed by atoms with E-state index in [9.17, 15) is 22.8 Å². The van der Waals surface area contributed by atoms with Crippen molar-refractivity contribution in [2.45, 2.75) is 32.6 Å². The Morgan fingerprint density at radius 3 is 2.72 bits per heavy atom. The van der Waals surface area contributed by atoms with Gasteiger partial charge in [0.1, 0.15) is 0 Å². The molecule has 1 aromatic heterocycles. The van der Waals surface area contributed by atoms with Crippen LogP contribution < -0.4 is 11.2 Å². The molecule has 0 radical (unpaired) electrons. The zero-order chi connectivity index (χ0) is 23.5. The smallest absolute Gasteiger partial charge is 0.363 e. The van der Waals surface area contributed by atoms with Crippen molar-refractivity contribution in [2.75, 3.05) is 6.54 Å². The highest BCUT2D eigenvalue weighted by Gasteiger charge is 2.34. The van der Waals surface area contributed by atoms with Crippen LogP contribution >= 0.6 is 11.6 Å². The molecule has 0 unspecified atom stereocenters. The maximum atomic E-state index is 13.4. The molecule has 1 aliphatic rings. The van der Waals surface area contributed by atoms with Gasteiger partial charge in [0.05, 0.1) is 36.3 Å². The number of nitrogens with zero attached hydrogens (tertiary/aromatic N) is 4. The lowest BCUT2D eigenvalue weighted by Gasteiger charge is -2.30. The third kappa shape index (κ3) is 4.93. The summed E-state index contributed by atoms with van der Waals surface area (Å²) in [5.74, 6) is -0.949. The monoisotopic (exact) mass is 468 g/mol. The molecule has 0 bridgehead atoms. The number of alkyl halides is 3. The first-order valence-electron chi connectivity index (χ1n) is 9.50. The summed E-state index contributed by atoms with van der Waals surface area (Å²) in [7, 11) is 0. The molecule has 1 aliphatic heterocycles. The van der Waals surface area contributed by atoms with E-state index < -0.39 is 17.6 Å². The Hall–Kier alpha value is -3.34. The van der Waals surface area contributed by atoms with Gasteiger partial charge in [0.15, 0.2) is 5.82 Å². The van der Waals surface area contributed by atoms with Crippen molar-refractivity contribution < 1.29 is 22.8 Å². The maximum absolute atomic E-state index is 13.4. The van der Waals surface area contributed by atoms with Crippen LogP contribution in [0.2, 0.25) is 0 Å². The Morgan fingerprint density at radius 2 is 2.09 bits per heavy atom. The minimum atomic E-state index is -4.53. The normalized spacial score (nSPS) is 14.8. The number of allylic oxidation sites excluding steroid dienone is 2. The summed E-state index contributed by atoms with van der Waals surface area (Å²) >= 11 is 6.16. The van der Waals surface area contributed by atoms with Crippen LogP contribution in [0.4, 0.5) is 13.2 Å². The summed E-state index contributed by atoms with van der Waals surface area (Å²) in [6, 6.07) is 5.18. The lowest BCUT2D eigenvalue weighted by atomic mass is 10.1. The van der Waals surface area contributed by atoms with E-state index in [0.29, 0.717) is 41.5 Å². The van der Waals surface area contributed by atoms with Crippen LogP contribution in [-0.2, 0) is 30.5 Å². The minimum Gasteiger partial charge on any atom is -0.363 e. The molecule has 8 nitrogen and oxygen atoms in total. The van der Waals surface area contributed by atoms with E-state index in [0.717, 1.165) is 6.07 Å². The van der Waals surface area contributed by atoms with Crippen molar-refractivity contribution in [3.05, 3.63) is 63.3 Å². The highest BCUT2D eigenvalue weighted by atomic mass is 35.5. The molecule has 0 fully saturated rings. The Balaban J connectivity index is 1.98. The fraction of sp³-hybridized carbons (Fsp3) is 0.300. The zero-order valence-corrected chi connectivity index (χ0v) is 17.7. The maximum Gasteiger partial charge on any atom is 0.416 e. The van der Waals surface area contributed by atoms with Crippen LogP contribution in [0, 0.1) is 0 Å². The predicted molar refractivity (Wildman–Crippen MR) is 112 cm³/mol. The highest BCUT2D eigenvalue weighted by molar-refractivity contribution is 6.30. The van der Waals surface area contributed by atoms with Crippen LogP contribution in [0.3, 0.4) is 0 Å². The molecule has 0 saturated carbocycles. The minimum absolute atomic E-state index is 0.00869. The summed E-state index contributed by atoms with van der Waals surface area (Å²) in [5.41, 5.74) is 8.53. The van der Waals surface area contributed by atoms with Crippen molar-refractivity contribution in [1.82, 2.24) is 19.9 Å². The number of benzene rings is 1. The molecule has 2 heterocycles. The van der Waals surface area contributed by atoms with E-state index in [2.05, 4.69) is 15.5 Å². The van der Waals surface area contributed by atoms with Crippen LogP contribution in [0.1, 0.15) is 40.1 Å². The van der Waals surface area contributed by atoms with Gasteiger partial charge < -0.3 is 15.2 Å². The van der Waals surface area contributed by atoms with Crippen LogP contribution in [0.15, 0.2) is 40.1 Å². The number of hydrazone groups is 1. The second-order valence-corrected chi connectivity index (χ2v) is 7.60. The van der Waals surface area contributed by atoms with Crippen molar-refractivity contribution in [1.29, 1.82) is 0 Å². The van der Waals surface area contributed by atoms with E-state index in [4.69, 9.17) is 17.3 Å². The molecule has 12 heteroatoms. The third-order valence-corrected chi connectivity index (χ3v) is 5.19. The van der Waals surface area contributed by atoms with Crippen LogP contribution in [-0.4, -0.2) is 39.5 Å². The van der Waals surface area contributed by atoms with Crippen molar-refractivity contribution >= 4 is 30.1 Å². The predicted octanol–water partition coefficient (Wildman–Crippen LogP) is 2.61. The summed E-state index contributed by atoms with van der Waals surface area (Å²) in [6.45, 7) is 2.12. The van der Waals surface area contributed by atoms with E-state index in [-0.39, 0.29) is 24.5 Å². The number of nitrogens with one attached hydrogen (secondary N) is 1. The second kappa shape index (κ2) is 9.43. The Labute approximate surface area is 186 Å². The van der Waals surface area contributed by atoms with Gasteiger partial charge in [0, 0.05) is 23.7 Å². The van der Waals surface area contributed by atoms with Gasteiger partial charge >= 0.3 is 6.18 Å². The van der Waals surface area contributed by atoms with Gasteiger partial charge in [-0.1, -0.05) is 29.8 Å². The lowest BCUT2D eigenvalue weighted by molar-refractivity contribution is -0.138. The van der Waals surface area contributed by atoms with E-state index in [1.807, 2.05) is 4.90 Å². The zero-order valence-electron chi connectivity index (χ0n) is 17.0. The van der Waals surface area contributed by atoms with E-state index >= 15 is 0 Å². The number of amides is 2. The van der Waals surface area contributed by atoms with Gasteiger partial charge in [-0.15, -0.1) is 0 Å². The first-order valence-corrected chi connectivity index (χ1v) is 9.88. The number of fused-ring (bicyclic) bond motifs is 1. The Morgan fingerprint density at radius 1 is 1.38 bits per heavy atom. The van der Waals surface area contributed by atoms with Crippen molar-refractivity contribution in [2.24, 2.45) is 10.8 Å². The van der Waals surface area contributed by atoms with Gasteiger partial charge in [-0.25, -0.2) is 10.4 Å². The topological polar surface area (TPSA) is 106 Å². The lowest BCUT2D eigenvalue weighted by Crippen LogP contribution is -2.32. The SMILES string of the molecule is C/C(Cl)=C(\C=N/NC=O)N1CCc2c(nc(C(N)=O)n2Cc2ccccc2C(F)(F)F)C1. The Bertz CT molecular complexity index is 1090. The van der Waals surface area contributed by atoms with Gasteiger partial charge in [-0.2, -0.15) is 18.3 Å². The molecule has 3 N–H and O–H groups in total. The third-order valence-electron chi connectivity index (χ3n) is 4.99. The number of primary amides is 1. The number of rotatable bonds is 7. The van der Waals surface area contributed by atoms with Crippen molar-refractivity contribution in [3.63, 3.8) is 0 Å². The van der Waals surface area contributed by atoms with Crippen LogP contribution in [0.5, 0.6) is 0 Å². The number of nitrogens with two attached hydrogens (primary N) is 1. The van der Waals surface area contributed by atoms with Crippen molar-refractivity contribution in [3.8, 4) is 0 Å². The summed E-state index contributed by atoms with van der Waals surface area (Å²) in [6.07, 6.45) is -2.36. The molecule has 32 heavy (non-hydrogen) atoms. The van der Waals surface area contributed by atoms with Gasteiger partial charge in [0.25, 0.3) is 5.91 Å². The average molecular weight is 469 g/mol. The number of hydrogen-bond acceptors (Lipinski definition) is 5. The standard InChI is InChI=1S/C20H20ClF3N6O2/c1-12(21)17(8-26-27-11-31)29-7-6-16-15(10-29)28-19(18(25)32)30(16)9-13-4-2-3-5-14(13)20(22,23)24/h2-5,8,11H,6-7,9-10H2,1H3,(H2,25,32)(H,27,31)/b17-12-,26-8-. The van der Waals surface area contributed by atoms with Crippen LogP contribution in [0.25, 0.3) is 0 Å². The molecule has 0 spiro atoms. The Kier molecular flexibility index (Phi) is 6.87. The average Bonchev–Trinajstić information content (AvgIpc) is 3.08. The molecule has 2 aromatic rings. The molecule has 0 aliphatic carbocycles. The number of imidazole rings is 1. The fourth-order valence-electron chi connectivity index (χ4n) is 3.63. The number of aromatic nitrogens is 2. The fourth-order valence-corrected chi connectivity index (χ4v) is 3.80. The van der Waals surface area contributed by atoms with Gasteiger partial charge in [0.2, 0.25) is 6.41 Å². The first kappa shape index (κ1) is 23.3. The van der Waals surface area contributed by atoms with E-state index in [1.165, 1.54) is 29.0 Å². The molecular formula is C20H20ClF3N6O2. The summed E-state index contributed by atoms with van der Waals surface area (Å²) < 4.78 is 41.8. The van der Waals surface area contributed by atoms with Gasteiger partial charge in [-0.05, 0) is 18.6 Å². The molecular weight excluding hydrogens is 449 g/mol. The molecule has 1 aromatic carbocycles. The first-order chi connectivity index (χ1) is 15.1. The number of halogens is 4. The van der Waals surface area contributed by atoms with E-state index in [1.54, 1.807) is 6.92 Å². The summed E-state index contributed by atoms with van der Waals surface area (Å²) in [5, 5.41) is 4.16. The molecule has 3 rings (SSSR count). The number of hydrogen-bond donors (Lipinski definition) is 2. The quantitative estimate of drug-likeness (QED) is 0.370. The molecule has 0 saturated heterocycles. The molecule has 170 valence electrons. The number of carbonyl (C=O) groups excluding carboxylic acids is 2. The second-order valence-electron chi connectivity index (χ2n) is 7.03. The molecule has 0 atom stereocenters. The largest absolute Gasteiger partial charge is 0.416 e.